The molecular weight excluding hydrogens is 460 g/mol. The number of hydrogen-bond acceptors (Lipinski definition) is 5. The molecule has 26 heavy (non-hydrogen) atoms. The summed E-state index contributed by atoms with van der Waals surface area (Å²) in [6.07, 6.45) is 0. The number of halogens is 1. The SMILES string of the molecule is O=S(=O)(Nc1ccccc1)c1ccc(NS(=O)(=O)c2ccc(Br)s2)cc1. The highest BCUT2D eigenvalue weighted by atomic mass is 79.9. The lowest BCUT2D eigenvalue weighted by Crippen LogP contribution is -2.14. The summed E-state index contributed by atoms with van der Waals surface area (Å²) in [5.41, 5.74) is 0.716. The summed E-state index contributed by atoms with van der Waals surface area (Å²) in [6, 6.07) is 17.1. The number of sulfonamides is 2. The topological polar surface area (TPSA) is 92.3 Å². The number of nitrogens with one attached hydrogen (secondary N) is 2. The Kier molecular flexibility index (Phi) is 5.37. The minimum atomic E-state index is -3.75. The molecule has 6 nitrogen and oxygen atoms in total. The number of hydrogen-bond donors (Lipinski definition) is 2. The van der Waals surface area contributed by atoms with E-state index in [1.54, 1.807) is 36.4 Å². The molecule has 0 radical (unpaired) electrons. The molecule has 2 N–H and O–H groups in total. The molecule has 0 bridgehead atoms. The predicted octanol–water partition coefficient (Wildman–Crippen LogP) is 4.11. The van der Waals surface area contributed by atoms with Crippen molar-refractivity contribution in [2.45, 2.75) is 9.10 Å². The van der Waals surface area contributed by atoms with E-state index in [1.807, 2.05) is 0 Å². The van der Waals surface area contributed by atoms with Gasteiger partial charge in [-0.1, -0.05) is 18.2 Å². The third kappa shape index (κ3) is 4.44. The predicted molar refractivity (Wildman–Crippen MR) is 107 cm³/mol. The summed E-state index contributed by atoms with van der Waals surface area (Å²) in [5.74, 6) is 0. The zero-order valence-corrected chi connectivity index (χ0v) is 17.1. The van der Waals surface area contributed by atoms with Gasteiger partial charge in [0.2, 0.25) is 0 Å². The molecule has 0 spiro atoms. The third-order valence-electron chi connectivity index (χ3n) is 3.26. The van der Waals surface area contributed by atoms with E-state index < -0.39 is 20.0 Å². The molecule has 1 heterocycles. The van der Waals surface area contributed by atoms with Gasteiger partial charge < -0.3 is 0 Å². The first kappa shape index (κ1) is 18.9. The second kappa shape index (κ2) is 7.39. The third-order valence-corrected chi connectivity index (χ3v) is 8.15. The Hall–Kier alpha value is -1.88. The molecule has 0 saturated carbocycles. The number of rotatable bonds is 6. The molecule has 0 aliphatic carbocycles. The van der Waals surface area contributed by atoms with E-state index in [2.05, 4.69) is 25.4 Å². The van der Waals surface area contributed by atoms with Crippen LogP contribution in [-0.2, 0) is 20.0 Å². The van der Waals surface area contributed by atoms with Crippen LogP contribution in [0.4, 0.5) is 11.4 Å². The number of thiophene rings is 1. The van der Waals surface area contributed by atoms with Crippen LogP contribution in [0.1, 0.15) is 0 Å². The molecule has 3 rings (SSSR count). The fraction of sp³-hybridized carbons (Fsp3) is 0. The van der Waals surface area contributed by atoms with Crippen molar-refractivity contribution >= 4 is 58.7 Å². The molecule has 0 saturated heterocycles. The molecule has 2 aromatic carbocycles. The van der Waals surface area contributed by atoms with E-state index in [9.17, 15) is 16.8 Å². The van der Waals surface area contributed by atoms with Crippen LogP contribution in [0.15, 0.2) is 79.6 Å². The van der Waals surface area contributed by atoms with Gasteiger partial charge in [-0.2, -0.15) is 0 Å². The van der Waals surface area contributed by atoms with E-state index in [1.165, 1.54) is 30.3 Å². The lowest BCUT2D eigenvalue weighted by molar-refractivity contribution is 0.600. The summed E-state index contributed by atoms with van der Waals surface area (Å²) in [6.45, 7) is 0. The summed E-state index contributed by atoms with van der Waals surface area (Å²) in [4.78, 5) is 0.0307. The van der Waals surface area contributed by atoms with Crippen LogP contribution in [0, 0.1) is 0 Å². The van der Waals surface area contributed by atoms with Crippen LogP contribution in [0.3, 0.4) is 0 Å². The Morgan fingerprint density at radius 2 is 1.27 bits per heavy atom. The minimum absolute atomic E-state index is 0.0307. The van der Waals surface area contributed by atoms with Gasteiger partial charge in [-0.3, -0.25) is 9.44 Å². The van der Waals surface area contributed by atoms with Crippen LogP contribution in [0.5, 0.6) is 0 Å². The molecular formula is C16H13BrN2O4S3. The van der Waals surface area contributed by atoms with Gasteiger partial charge >= 0.3 is 0 Å². The lowest BCUT2D eigenvalue weighted by Gasteiger charge is -2.10. The zero-order chi connectivity index (χ0) is 18.8. The highest BCUT2D eigenvalue weighted by Gasteiger charge is 2.18. The Balaban J connectivity index is 1.78. The van der Waals surface area contributed by atoms with Crippen LogP contribution in [0.25, 0.3) is 0 Å². The van der Waals surface area contributed by atoms with Gasteiger partial charge in [0.15, 0.2) is 0 Å². The van der Waals surface area contributed by atoms with Crippen molar-refractivity contribution < 1.29 is 16.8 Å². The molecule has 0 aliphatic rings. The van der Waals surface area contributed by atoms with Gasteiger partial charge in [0.1, 0.15) is 4.21 Å². The molecule has 1 aromatic heterocycles. The van der Waals surface area contributed by atoms with Crippen molar-refractivity contribution in [1.82, 2.24) is 0 Å². The highest BCUT2D eigenvalue weighted by Crippen LogP contribution is 2.28. The monoisotopic (exact) mass is 472 g/mol. The van der Waals surface area contributed by atoms with E-state index >= 15 is 0 Å². The van der Waals surface area contributed by atoms with Crippen molar-refractivity contribution in [3.63, 3.8) is 0 Å². The quantitative estimate of drug-likeness (QED) is 0.564. The average Bonchev–Trinajstić information content (AvgIpc) is 3.03. The van der Waals surface area contributed by atoms with Gasteiger partial charge in [0, 0.05) is 11.4 Å². The van der Waals surface area contributed by atoms with Crippen LogP contribution >= 0.6 is 27.3 Å². The molecule has 3 aromatic rings. The molecule has 0 atom stereocenters. The van der Waals surface area contributed by atoms with E-state index in [0.717, 1.165) is 11.3 Å². The zero-order valence-electron chi connectivity index (χ0n) is 13.1. The first-order valence-electron chi connectivity index (χ1n) is 7.22. The van der Waals surface area contributed by atoms with Gasteiger partial charge in [-0.25, -0.2) is 16.8 Å². The molecule has 0 unspecified atom stereocenters. The number of para-hydroxylation sites is 1. The summed E-state index contributed by atoms with van der Waals surface area (Å²) < 4.78 is 55.1. The molecule has 136 valence electrons. The van der Waals surface area contributed by atoms with Gasteiger partial charge in [0.25, 0.3) is 20.0 Å². The fourth-order valence-electron chi connectivity index (χ4n) is 2.07. The Bertz CT molecular complexity index is 1110. The highest BCUT2D eigenvalue weighted by molar-refractivity contribution is 9.11. The summed E-state index contributed by atoms with van der Waals surface area (Å²) in [5, 5.41) is 0. The van der Waals surface area contributed by atoms with Crippen molar-refractivity contribution in [3.8, 4) is 0 Å². The molecule has 0 fully saturated rings. The standard InChI is InChI=1S/C16H13BrN2O4S3/c17-15-10-11-16(24-15)26(22,23)19-13-6-8-14(9-7-13)25(20,21)18-12-4-2-1-3-5-12/h1-11,18-19H. The normalized spacial score (nSPS) is 11.9. The molecule has 0 amide bonds. The average molecular weight is 473 g/mol. The van der Waals surface area contributed by atoms with Crippen molar-refractivity contribution in [2.24, 2.45) is 0 Å². The van der Waals surface area contributed by atoms with Crippen molar-refractivity contribution in [3.05, 3.63) is 70.5 Å². The van der Waals surface area contributed by atoms with Crippen LogP contribution in [-0.4, -0.2) is 16.8 Å². The number of anilines is 2. The summed E-state index contributed by atoms with van der Waals surface area (Å²) >= 11 is 4.30. The maximum atomic E-state index is 12.4. The Morgan fingerprint density at radius 1 is 0.692 bits per heavy atom. The van der Waals surface area contributed by atoms with Crippen LogP contribution < -0.4 is 9.44 Å². The summed E-state index contributed by atoms with van der Waals surface area (Å²) in [7, 11) is -7.47. The number of benzene rings is 2. The van der Waals surface area contributed by atoms with Gasteiger partial charge in [-0.15, -0.1) is 11.3 Å². The van der Waals surface area contributed by atoms with Crippen molar-refractivity contribution in [1.29, 1.82) is 0 Å². The van der Waals surface area contributed by atoms with Gasteiger partial charge in [-0.05, 0) is 64.5 Å². The smallest absolute Gasteiger partial charge is 0.271 e. The first-order chi connectivity index (χ1) is 12.3. The first-order valence-corrected chi connectivity index (χ1v) is 11.8. The van der Waals surface area contributed by atoms with E-state index in [4.69, 9.17) is 0 Å². The maximum Gasteiger partial charge on any atom is 0.271 e. The fourth-order valence-corrected chi connectivity index (χ4v) is 6.20. The van der Waals surface area contributed by atoms with Crippen molar-refractivity contribution in [2.75, 3.05) is 9.44 Å². The van der Waals surface area contributed by atoms with E-state index in [-0.39, 0.29) is 14.8 Å². The Morgan fingerprint density at radius 3 is 1.85 bits per heavy atom. The second-order valence-electron chi connectivity index (χ2n) is 5.16. The van der Waals surface area contributed by atoms with Crippen LogP contribution in [0.2, 0.25) is 0 Å². The van der Waals surface area contributed by atoms with E-state index in [0.29, 0.717) is 9.47 Å². The largest absolute Gasteiger partial charge is 0.280 e. The van der Waals surface area contributed by atoms with Gasteiger partial charge in [0.05, 0.1) is 8.68 Å². The molecule has 10 heteroatoms. The Labute approximate surface area is 164 Å². The minimum Gasteiger partial charge on any atom is -0.280 e. The second-order valence-corrected chi connectivity index (χ2v) is 11.2. The molecule has 0 aliphatic heterocycles. The maximum absolute atomic E-state index is 12.4. The lowest BCUT2D eigenvalue weighted by atomic mass is 10.3.